The minimum Gasteiger partial charge on any atom is -0.486 e. The zero-order chi connectivity index (χ0) is 13.9. The van der Waals surface area contributed by atoms with Crippen molar-refractivity contribution in [3.05, 3.63) is 18.2 Å². The Morgan fingerprint density at radius 1 is 1.10 bits per heavy atom. The number of hydrogen-bond acceptors (Lipinski definition) is 3. The molecule has 0 atom stereocenters. The standard InChI is InChI=1S/C16H21NO3/c1-17(16(18)12-5-3-2-4-6-12)13-7-8-14-15(11-13)20-10-9-19-14/h7-8,11-12H,2-6,9-10H2,1H3. The number of fused-ring (bicyclic) bond motifs is 1. The van der Waals surface area contributed by atoms with Crippen molar-refractivity contribution in [1.82, 2.24) is 0 Å². The van der Waals surface area contributed by atoms with Gasteiger partial charge in [0.1, 0.15) is 13.2 Å². The van der Waals surface area contributed by atoms with Gasteiger partial charge in [-0.2, -0.15) is 0 Å². The lowest BCUT2D eigenvalue weighted by molar-refractivity contribution is -0.123. The van der Waals surface area contributed by atoms with Crippen LogP contribution in [-0.4, -0.2) is 26.2 Å². The summed E-state index contributed by atoms with van der Waals surface area (Å²) in [6, 6.07) is 5.71. The Morgan fingerprint density at radius 2 is 1.80 bits per heavy atom. The molecule has 1 aromatic rings. The fourth-order valence-corrected chi connectivity index (χ4v) is 2.99. The molecule has 1 aliphatic carbocycles. The molecule has 0 radical (unpaired) electrons. The molecule has 4 heteroatoms. The van der Waals surface area contributed by atoms with E-state index >= 15 is 0 Å². The summed E-state index contributed by atoms with van der Waals surface area (Å²) in [5, 5.41) is 0. The van der Waals surface area contributed by atoms with Gasteiger partial charge in [-0.1, -0.05) is 19.3 Å². The smallest absolute Gasteiger partial charge is 0.229 e. The summed E-state index contributed by atoms with van der Waals surface area (Å²) in [7, 11) is 1.85. The number of amides is 1. The third-order valence-electron chi connectivity index (χ3n) is 4.20. The van der Waals surface area contributed by atoms with Gasteiger partial charge >= 0.3 is 0 Å². The number of carbonyl (C=O) groups is 1. The number of anilines is 1. The second-order valence-electron chi connectivity index (χ2n) is 5.56. The number of nitrogens with zero attached hydrogens (tertiary/aromatic N) is 1. The normalized spacial score (nSPS) is 18.6. The van der Waals surface area contributed by atoms with Crippen molar-refractivity contribution >= 4 is 11.6 Å². The van der Waals surface area contributed by atoms with E-state index in [-0.39, 0.29) is 11.8 Å². The third kappa shape index (κ3) is 2.60. The molecule has 1 fully saturated rings. The number of benzene rings is 1. The van der Waals surface area contributed by atoms with Crippen molar-refractivity contribution in [3.63, 3.8) is 0 Å². The van der Waals surface area contributed by atoms with E-state index in [2.05, 4.69) is 0 Å². The Hall–Kier alpha value is -1.71. The highest BCUT2D eigenvalue weighted by Crippen LogP contribution is 2.34. The number of hydrogen-bond donors (Lipinski definition) is 0. The molecule has 20 heavy (non-hydrogen) atoms. The fourth-order valence-electron chi connectivity index (χ4n) is 2.99. The van der Waals surface area contributed by atoms with Crippen LogP contribution in [0.25, 0.3) is 0 Å². The molecule has 0 N–H and O–H groups in total. The van der Waals surface area contributed by atoms with Gasteiger partial charge in [-0.25, -0.2) is 0 Å². The Kier molecular flexibility index (Phi) is 3.81. The summed E-state index contributed by atoms with van der Waals surface area (Å²) < 4.78 is 11.1. The minimum absolute atomic E-state index is 0.182. The molecule has 0 aromatic heterocycles. The van der Waals surface area contributed by atoms with E-state index in [9.17, 15) is 4.79 Å². The predicted molar refractivity (Wildman–Crippen MR) is 77.4 cm³/mol. The van der Waals surface area contributed by atoms with Crippen LogP contribution in [0.1, 0.15) is 32.1 Å². The maximum Gasteiger partial charge on any atom is 0.229 e. The lowest BCUT2D eigenvalue weighted by Crippen LogP contribution is -2.34. The molecule has 3 rings (SSSR count). The van der Waals surface area contributed by atoms with E-state index in [1.807, 2.05) is 25.2 Å². The Bertz CT molecular complexity index is 494. The molecule has 0 spiro atoms. The van der Waals surface area contributed by atoms with Crippen LogP contribution in [0, 0.1) is 5.92 Å². The summed E-state index contributed by atoms with van der Waals surface area (Å²) in [5.41, 5.74) is 0.879. The summed E-state index contributed by atoms with van der Waals surface area (Å²) >= 11 is 0. The molecule has 1 heterocycles. The summed E-state index contributed by atoms with van der Waals surface area (Å²) in [6.45, 7) is 1.15. The Labute approximate surface area is 119 Å². The van der Waals surface area contributed by atoms with E-state index in [1.54, 1.807) is 4.90 Å². The highest BCUT2D eigenvalue weighted by atomic mass is 16.6. The molecule has 1 aliphatic heterocycles. The van der Waals surface area contributed by atoms with Crippen molar-refractivity contribution in [2.45, 2.75) is 32.1 Å². The highest BCUT2D eigenvalue weighted by molar-refractivity contribution is 5.94. The van der Waals surface area contributed by atoms with Crippen LogP contribution >= 0.6 is 0 Å². The monoisotopic (exact) mass is 275 g/mol. The fraction of sp³-hybridized carbons (Fsp3) is 0.562. The number of rotatable bonds is 2. The second kappa shape index (κ2) is 5.73. The topological polar surface area (TPSA) is 38.8 Å². The largest absolute Gasteiger partial charge is 0.486 e. The lowest BCUT2D eigenvalue weighted by Gasteiger charge is -2.27. The van der Waals surface area contributed by atoms with E-state index < -0.39 is 0 Å². The van der Waals surface area contributed by atoms with Crippen molar-refractivity contribution in [2.75, 3.05) is 25.2 Å². The van der Waals surface area contributed by atoms with Gasteiger partial charge in [0.25, 0.3) is 0 Å². The molecule has 4 nitrogen and oxygen atoms in total. The van der Waals surface area contributed by atoms with E-state index in [1.165, 1.54) is 19.3 Å². The van der Waals surface area contributed by atoms with E-state index in [0.717, 1.165) is 30.0 Å². The molecular weight excluding hydrogens is 254 g/mol. The van der Waals surface area contributed by atoms with E-state index in [0.29, 0.717) is 13.2 Å². The van der Waals surface area contributed by atoms with Crippen LogP contribution in [0.15, 0.2) is 18.2 Å². The van der Waals surface area contributed by atoms with E-state index in [4.69, 9.17) is 9.47 Å². The van der Waals surface area contributed by atoms with Gasteiger partial charge in [0, 0.05) is 24.7 Å². The van der Waals surface area contributed by atoms with Gasteiger partial charge < -0.3 is 14.4 Å². The first kappa shape index (κ1) is 13.3. The summed E-state index contributed by atoms with van der Waals surface area (Å²) in [5.74, 6) is 1.90. The average molecular weight is 275 g/mol. The lowest BCUT2D eigenvalue weighted by atomic mass is 9.88. The minimum atomic E-state index is 0.182. The van der Waals surface area contributed by atoms with Crippen LogP contribution in [0.4, 0.5) is 5.69 Å². The quantitative estimate of drug-likeness (QED) is 0.833. The van der Waals surface area contributed by atoms with Crippen molar-refractivity contribution < 1.29 is 14.3 Å². The molecule has 1 amide bonds. The molecule has 0 saturated heterocycles. The molecule has 1 aromatic carbocycles. The van der Waals surface area contributed by atoms with Crippen LogP contribution in [0.5, 0.6) is 11.5 Å². The van der Waals surface area contributed by atoms with Gasteiger partial charge in [0.2, 0.25) is 5.91 Å². The van der Waals surface area contributed by atoms with Gasteiger partial charge in [-0.05, 0) is 25.0 Å². The molecule has 0 unspecified atom stereocenters. The average Bonchev–Trinajstić information content (AvgIpc) is 2.54. The molecule has 0 bridgehead atoms. The third-order valence-corrected chi connectivity index (χ3v) is 4.20. The van der Waals surface area contributed by atoms with Gasteiger partial charge in [0.15, 0.2) is 11.5 Å². The van der Waals surface area contributed by atoms with Crippen molar-refractivity contribution in [2.24, 2.45) is 5.92 Å². The van der Waals surface area contributed by atoms with Crippen LogP contribution in [0.3, 0.4) is 0 Å². The summed E-state index contributed by atoms with van der Waals surface area (Å²) in [4.78, 5) is 14.3. The van der Waals surface area contributed by atoms with Gasteiger partial charge in [-0.15, -0.1) is 0 Å². The SMILES string of the molecule is CN(C(=O)C1CCCCC1)c1ccc2c(c1)OCCO2. The summed E-state index contributed by atoms with van der Waals surface area (Å²) in [6.07, 6.45) is 5.65. The van der Waals surface area contributed by atoms with Crippen LogP contribution in [0.2, 0.25) is 0 Å². The molecule has 2 aliphatic rings. The van der Waals surface area contributed by atoms with Gasteiger partial charge in [0.05, 0.1) is 0 Å². The van der Waals surface area contributed by atoms with Crippen molar-refractivity contribution in [3.8, 4) is 11.5 Å². The highest BCUT2D eigenvalue weighted by Gasteiger charge is 2.25. The van der Waals surface area contributed by atoms with Crippen LogP contribution < -0.4 is 14.4 Å². The maximum absolute atomic E-state index is 12.5. The van der Waals surface area contributed by atoms with Crippen molar-refractivity contribution in [1.29, 1.82) is 0 Å². The second-order valence-corrected chi connectivity index (χ2v) is 5.56. The van der Waals surface area contributed by atoms with Gasteiger partial charge in [-0.3, -0.25) is 4.79 Å². The van der Waals surface area contributed by atoms with Crippen LogP contribution in [-0.2, 0) is 4.79 Å². The first-order chi connectivity index (χ1) is 9.75. The molecule has 1 saturated carbocycles. The maximum atomic E-state index is 12.5. The Balaban J connectivity index is 1.75. The number of ether oxygens (including phenoxy) is 2. The zero-order valence-electron chi connectivity index (χ0n) is 11.9. The number of carbonyl (C=O) groups excluding carboxylic acids is 1. The molecular formula is C16H21NO3. The predicted octanol–water partition coefficient (Wildman–Crippen LogP) is 3.00. The first-order valence-corrected chi connectivity index (χ1v) is 7.43. The zero-order valence-corrected chi connectivity index (χ0v) is 11.9. The Morgan fingerprint density at radius 3 is 2.55 bits per heavy atom. The molecule has 108 valence electrons. The first-order valence-electron chi connectivity index (χ1n) is 7.43.